The van der Waals surface area contributed by atoms with Crippen LogP contribution in [0, 0.1) is 29.1 Å². The highest BCUT2D eigenvalue weighted by Crippen LogP contribution is 2.61. The van der Waals surface area contributed by atoms with Crippen LogP contribution >= 0.6 is 35.6 Å². The van der Waals surface area contributed by atoms with Gasteiger partial charge in [0.2, 0.25) is 0 Å². The van der Waals surface area contributed by atoms with Gasteiger partial charge in [0.05, 0.1) is 0 Å². The maximum atomic E-state index is 6.95. The van der Waals surface area contributed by atoms with Crippen molar-refractivity contribution in [2.45, 2.75) is 89.5 Å². The highest BCUT2D eigenvalue weighted by atomic mass is 35.5. The summed E-state index contributed by atoms with van der Waals surface area (Å²) in [6.45, 7) is 6.69. The minimum atomic E-state index is 0. The van der Waals surface area contributed by atoms with Gasteiger partial charge in [-0.3, -0.25) is 0 Å². The number of rotatable bonds is 5. The lowest BCUT2D eigenvalue weighted by Crippen LogP contribution is -2.44. The Bertz CT molecular complexity index is 773. The molecule has 0 aliphatic heterocycles. The van der Waals surface area contributed by atoms with Gasteiger partial charge in [-0.25, -0.2) is 0 Å². The molecule has 1 atom stereocenters. The van der Waals surface area contributed by atoms with Crippen LogP contribution in [-0.4, -0.2) is 6.04 Å². The Hall–Kier alpha value is -0.210. The molecule has 4 heteroatoms. The molecule has 6 rings (SSSR count). The van der Waals surface area contributed by atoms with E-state index in [0.29, 0.717) is 5.92 Å². The Labute approximate surface area is 204 Å². The molecule has 0 amide bonds. The van der Waals surface area contributed by atoms with E-state index in [2.05, 4.69) is 25.6 Å². The molecule has 1 unspecified atom stereocenters. The number of halogens is 3. The van der Waals surface area contributed by atoms with Gasteiger partial charge in [0.15, 0.2) is 0 Å². The Morgan fingerprint density at radius 2 is 1.52 bits per heavy atom. The van der Waals surface area contributed by atoms with E-state index in [0.717, 1.165) is 53.0 Å². The molecule has 5 saturated carbocycles. The first-order valence-corrected chi connectivity index (χ1v) is 13.0. The Balaban J connectivity index is 0.00000231. The van der Waals surface area contributed by atoms with E-state index in [1.54, 1.807) is 0 Å². The van der Waals surface area contributed by atoms with Gasteiger partial charge in [0, 0.05) is 21.5 Å². The molecule has 0 saturated heterocycles. The largest absolute Gasteiger partial charge is 0.327 e. The van der Waals surface area contributed by atoms with Crippen molar-refractivity contribution in [3.8, 4) is 0 Å². The fourth-order valence-corrected chi connectivity index (χ4v) is 8.97. The molecular weight excluding hydrogens is 445 g/mol. The van der Waals surface area contributed by atoms with Crippen LogP contribution in [0.25, 0.3) is 0 Å². The van der Waals surface area contributed by atoms with Crippen LogP contribution in [0.1, 0.15) is 88.2 Å². The van der Waals surface area contributed by atoms with E-state index in [1.165, 1.54) is 68.1 Å². The normalized spacial score (nSPS) is 34.3. The minimum absolute atomic E-state index is 0. The highest BCUT2D eigenvalue weighted by molar-refractivity contribution is 6.36. The maximum Gasteiger partial charge on any atom is 0.0458 e. The molecule has 31 heavy (non-hydrogen) atoms. The van der Waals surface area contributed by atoms with Gasteiger partial charge in [0.1, 0.15) is 0 Å². The van der Waals surface area contributed by atoms with Gasteiger partial charge in [-0.1, -0.05) is 54.6 Å². The lowest BCUT2D eigenvalue weighted by molar-refractivity contribution is -0.00272. The second kappa shape index (κ2) is 9.21. The van der Waals surface area contributed by atoms with Crippen molar-refractivity contribution in [1.29, 1.82) is 0 Å². The third kappa shape index (κ3) is 4.23. The van der Waals surface area contributed by atoms with Crippen LogP contribution in [0.3, 0.4) is 0 Å². The second-order valence-corrected chi connectivity index (χ2v) is 12.0. The summed E-state index contributed by atoms with van der Waals surface area (Å²) in [7, 11) is 0. The highest BCUT2D eigenvalue weighted by Gasteiger charge is 2.49. The first-order chi connectivity index (χ1) is 14.4. The molecule has 0 spiro atoms. The molecule has 5 aliphatic carbocycles. The molecule has 172 valence electrons. The molecule has 0 aromatic heterocycles. The van der Waals surface area contributed by atoms with Gasteiger partial charge in [-0.15, -0.1) is 12.4 Å². The fraction of sp³-hybridized carbons (Fsp3) is 0.704. The molecule has 2 N–H and O–H groups in total. The smallest absolute Gasteiger partial charge is 0.0458 e. The summed E-state index contributed by atoms with van der Waals surface area (Å²) in [5.74, 6) is 4.09. The number of nitrogens with two attached hydrogens (primary N) is 1. The lowest BCUT2D eigenvalue weighted by Gasteiger charge is -2.55. The summed E-state index contributed by atoms with van der Waals surface area (Å²) < 4.78 is 0. The first kappa shape index (κ1) is 23.9. The number of hydrogen-bond acceptors (Lipinski definition) is 1. The molecule has 1 aromatic carbocycles. The van der Waals surface area contributed by atoms with Crippen LogP contribution < -0.4 is 5.73 Å². The minimum Gasteiger partial charge on any atom is -0.327 e. The van der Waals surface area contributed by atoms with Gasteiger partial charge in [0.25, 0.3) is 0 Å². The van der Waals surface area contributed by atoms with Crippen molar-refractivity contribution in [2.75, 3.05) is 0 Å². The van der Waals surface area contributed by atoms with E-state index in [1.807, 2.05) is 0 Å². The molecule has 0 heterocycles. The summed E-state index contributed by atoms with van der Waals surface area (Å²) in [5, 5.41) is 1.78. The van der Waals surface area contributed by atoms with Crippen LogP contribution in [0.2, 0.25) is 10.0 Å². The third-order valence-corrected chi connectivity index (χ3v) is 10.1. The maximum absolute atomic E-state index is 6.95. The molecule has 1 aromatic rings. The van der Waals surface area contributed by atoms with Crippen molar-refractivity contribution in [1.82, 2.24) is 0 Å². The van der Waals surface area contributed by atoms with Crippen molar-refractivity contribution in [3.05, 3.63) is 45.5 Å². The van der Waals surface area contributed by atoms with E-state index in [4.69, 9.17) is 28.9 Å². The van der Waals surface area contributed by atoms with E-state index in [-0.39, 0.29) is 23.9 Å². The van der Waals surface area contributed by atoms with Crippen molar-refractivity contribution in [2.24, 2.45) is 34.8 Å². The number of hydrogen-bond donors (Lipinski definition) is 1. The predicted octanol–water partition coefficient (Wildman–Crippen LogP) is 8.35. The summed E-state index contributed by atoms with van der Waals surface area (Å²) in [4.78, 5) is 0. The summed E-state index contributed by atoms with van der Waals surface area (Å²) in [6, 6.07) is 4.52. The van der Waals surface area contributed by atoms with Gasteiger partial charge in [-0.05, 0) is 111 Å². The third-order valence-electron chi connectivity index (χ3n) is 9.44. The van der Waals surface area contributed by atoms with Crippen molar-refractivity contribution in [3.63, 3.8) is 0 Å². The first-order valence-electron chi connectivity index (χ1n) is 12.3. The second-order valence-electron chi connectivity index (χ2n) is 11.2. The van der Waals surface area contributed by atoms with Gasteiger partial charge < -0.3 is 5.73 Å². The van der Waals surface area contributed by atoms with E-state index < -0.39 is 0 Å². The Morgan fingerprint density at radius 3 is 2.00 bits per heavy atom. The number of benzene rings is 1. The quantitative estimate of drug-likeness (QED) is 0.419. The zero-order valence-corrected chi connectivity index (χ0v) is 21.2. The average Bonchev–Trinajstić information content (AvgIpc) is 2.69. The SMILES string of the molecule is C=C(Cc1cc(Cl)c(C2C3CC4CC(C3)CC2C4)c(Cl)c1)C1(C(C)N)CCCCC1.Cl. The van der Waals surface area contributed by atoms with Crippen LogP contribution in [0.15, 0.2) is 24.3 Å². The Morgan fingerprint density at radius 1 is 1.00 bits per heavy atom. The zero-order chi connectivity index (χ0) is 21.0. The van der Waals surface area contributed by atoms with Crippen molar-refractivity contribution >= 4 is 35.6 Å². The van der Waals surface area contributed by atoms with Gasteiger partial charge >= 0.3 is 0 Å². The molecule has 0 radical (unpaired) electrons. The topological polar surface area (TPSA) is 26.0 Å². The fourth-order valence-electron chi connectivity index (χ4n) is 8.19. The van der Waals surface area contributed by atoms with Crippen molar-refractivity contribution < 1.29 is 0 Å². The molecular formula is C27H38Cl3N. The van der Waals surface area contributed by atoms with Crippen LogP contribution in [-0.2, 0) is 6.42 Å². The van der Waals surface area contributed by atoms with Crippen LogP contribution in [0.4, 0.5) is 0 Å². The molecule has 5 fully saturated rings. The molecule has 5 aliphatic rings. The van der Waals surface area contributed by atoms with E-state index in [9.17, 15) is 0 Å². The standard InChI is InChI=1S/C27H37Cl2N.ClH/c1-16(27(17(2)30)6-4-3-5-7-27)8-18-14-23(28)26(24(29)15-18)25-21-10-19-9-20(12-21)13-22(25)11-19;/h14-15,17,19-22,25H,1,3-13,30H2,2H3;1H. The monoisotopic (exact) mass is 481 g/mol. The lowest BCUT2D eigenvalue weighted by atomic mass is 9.50. The predicted molar refractivity (Wildman–Crippen MR) is 136 cm³/mol. The zero-order valence-electron chi connectivity index (χ0n) is 18.8. The summed E-state index contributed by atoms with van der Waals surface area (Å²) in [6.07, 6.45) is 14.0. The van der Waals surface area contributed by atoms with E-state index >= 15 is 0 Å². The van der Waals surface area contributed by atoms with Gasteiger partial charge in [-0.2, -0.15) is 0 Å². The molecule has 4 bridgehead atoms. The van der Waals surface area contributed by atoms with Crippen LogP contribution in [0.5, 0.6) is 0 Å². The molecule has 1 nitrogen and oxygen atoms in total. The Kier molecular flexibility index (Phi) is 7.11. The summed E-state index contributed by atoms with van der Waals surface area (Å²) in [5.41, 5.74) is 10.3. The average molecular weight is 483 g/mol. The summed E-state index contributed by atoms with van der Waals surface area (Å²) >= 11 is 13.9.